The number of carbonyl (C=O) groups is 1. The zero-order valence-electron chi connectivity index (χ0n) is 10.6. The number of thiophene rings is 1. The molecular weight excluding hydrogens is 312 g/mol. The molecule has 0 unspecified atom stereocenters. The molecule has 1 heterocycles. The van der Waals surface area contributed by atoms with E-state index in [1.165, 1.54) is 4.88 Å². The van der Waals surface area contributed by atoms with Gasteiger partial charge in [-0.25, -0.2) is 0 Å². The van der Waals surface area contributed by atoms with Gasteiger partial charge in [0.1, 0.15) is 0 Å². The van der Waals surface area contributed by atoms with Crippen molar-refractivity contribution in [3.8, 4) is 0 Å². The first-order chi connectivity index (χ1) is 8.72. The van der Waals surface area contributed by atoms with Crippen molar-refractivity contribution in [2.75, 3.05) is 13.1 Å². The molecular formula is C13H21BrN2OS. The van der Waals surface area contributed by atoms with Gasteiger partial charge in [0.2, 0.25) is 5.91 Å². The van der Waals surface area contributed by atoms with Gasteiger partial charge in [-0.15, -0.1) is 11.3 Å². The Kier molecular flexibility index (Phi) is 8.29. The topological polar surface area (TPSA) is 55.1 Å². The molecule has 0 aromatic carbocycles. The van der Waals surface area contributed by atoms with E-state index in [9.17, 15) is 4.79 Å². The standard InChI is InChI=1S/C13H21BrN2OS/c14-12-7-6-11(18-12)8-10-16-13(17)5-3-1-2-4-9-15/h6-7H,1-5,8-10,15H2,(H,16,17). The molecule has 1 aromatic heterocycles. The van der Waals surface area contributed by atoms with Crippen LogP contribution in [0.25, 0.3) is 0 Å². The molecule has 3 nitrogen and oxygen atoms in total. The number of hydrogen-bond acceptors (Lipinski definition) is 3. The van der Waals surface area contributed by atoms with E-state index in [0.29, 0.717) is 6.42 Å². The Bertz CT molecular complexity index is 355. The highest BCUT2D eigenvalue weighted by Crippen LogP contribution is 2.22. The monoisotopic (exact) mass is 332 g/mol. The minimum Gasteiger partial charge on any atom is -0.356 e. The van der Waals surface area contributed by atoms with Crippen LogP contribution in [0.3, 0.4) is 0 Å². The summed E-state index contributed by atoms with van der Waals surface area (Å²) >= 11 is 5.15. The third-order valence-electron chi connectivity index (χ3n) is 2.68. The quantitative estimate of drug-likeness (QED) is 0.683. The first kappa shape index (κ1) is 15.7. The lowest BCUT2D eigenvalue weighted by Crippen LogP contribution is -2.25. The van der Waals surface area contributed by atoms with Crippen LogP contribution in [0.5, 0.6) is 0 Å². The summed E-state index contributed by atoms with van der Waals surface area (Å²) in [5.41, 5.74) is 5.41. The van der Waals surface area contributed by atoms with Crippen LogP contribution in [0.15, 0.2) is 15.9 Å². The molecule has 0 fully saturated rings. The van der Waals surface area contributed by atoms with Crippen LogP contribution < -0.4 is 11.1 Å². The Labute approximate surface area is 121 Å². The molecule has 1 amide bonds. The number of nitrogens with two attached hydrogens (primary N) is 1. The molecule has 0 spiro atoms. The van der Waals surface area contributed by atoms with Crippen molar-refractivity contribution in [3.05, 3.63) is 20.8 Å². The van der Waals surface area contributed by atoms with Gasteiger partial charge in [-0.1, -0.05) is 12.8 Å². The number of amides is 1. The van der Waals surface area contributed by atoms with E-state index in [0.717, 1.165) is 49.0 Å². The Morgan fingerprint density at radius 3 is 2.72 bits per heavy atom. The van der Waals surface area contributed by atoms with Crippen LogP contribution in [-0.2, 0) is 11.2 Å². The average molecular weight is 333 g/mol. The van der Waals surface area contributed by atoms with Gasteiger partial charge in [-0.05, 0) is 53.9 Å². The van der Waals surface area contributed by atoms with Crippen LogP contribution in [0.4, 0.5) is 0 Å². The van der Waals surface area contributed by atoms with E-state index in [-0.39, 0.29) is 5.91 Å². The van der Waals surface area contributed by atoms with Crippen molar-refractivity contribution >= 4 is 33.2 Å². The lowest BCUT2D eigenvalue weighted by molar-refractivity contribution is -0.121. The molecule has 0 aliphatic heterocycles. The predicted octanol–water partition coefficient (Wildman–Crippen LogP) is 3.08. The largest absolute Gasteiger partial charge is 0.356 e. The van der Waals surface area contributed by atoms with Gasteiger partial charge in [0.05, 0.1) is 3.79 Å². The Balaban J connectivity index is 2.00. The maximum Gasteiger partial charge on any atom is 0.220 e. The van der Waals surface area contributed by atoms with E-state index < -0.39 is 0 Å². The molecule has 0 bridgehead atoms. The lowest BCUT2D eigenvalue weighted by atomic mass is 10.1. The maximum absolute atomic E-state index is 11.5. The second-order valence-corrected chi connectivity index (χ2v) is 6.81. The summed E-state index contributed by atoms with van der Waals surface area (Å²) in [5.74, 6) is 0.165. The molecule has 1 aromatic rings. The fraction of sp³-hybridized carbons (Fsp3) is 0.615. The van der Waals surface area contributed by atoms with Crippen LogP contribution >= 0.6 is 27.3 Å². The van der Waals surface area contributed by atoms with E-state index in [2.05, 4.69) is 27.3 Å². The number of hydrogen-bond donors (Lipinski definition) is 2. The molecule has 3 N–H and O–H groups in total. The van der Waals surface area contributed by atoms with Gasteiger partial charge < -0.3 is 11.1 Å². The minimum absolute atomic E-state index is 0.165. The fourth-order valence-corrected chi connectivity index (χ4v) is 3.17. The Hall–Kier alpha value is -0.390. The second kappa shape index (κ2) is 9.53. The molecule has 0 saturated heterocycles. The van der Waals surface area contributed by atoms with Gasteiger partial charge in [0.15, 0.2) is 0 Å². The maximum atomic E-state index is 11.5. The number of unbranched alkanes of at least 4 members (excludes halogenated alkanes) is 3. The highest BCUT2D eigenvalue weighted by atomic mass is 79.9. The smallest absolute Gasteiger partial charge is 0.220 e. The van der Waals surface area contributed by atoms with Crippen LogP contribution in [0, 0.1) is 0 Å². The molecule has 0 aliphatic carbocycles. The molecule has 18 heavy (non-hydrogen) atoms. The number of halogens is 1. The van der Waals surface area contributed by atoms with Crippen molar-refractivity contribution in [2.24, 2.45) is 5.73 Å². The summed E-state index contributed by atoms with van der Waals surface area (Å²) in [5, 5.41) is 2.96. The summed E-state index contributed by atoms with van der Waals surface area (Å²) < 4.78 is 1.14. The molecule has 5 heteroatoms. The van der Waals surface area contributed by atoms with E-state index >= 15 is 0 Å². The summed E-state index contributed by atoms with van der Waals surface area (Å²) in [6.07, 6.45) is 5.81. The fourth-order valence-electron chi connectivity index (χ4n) is 1.68. The lowest BCUT2D eigenvalue weighted by Gasteiger charge is -2.04. The van der Waals surface area contributed by atoms with Crippen LogP contribution in [0.2, 0.25) is 0 Å². The molecule has 102 valence electrons. The van der Waals surface area contributed by atoms with Gasteiger partial charge in [0, 0.05) is 17.8 Å². The zero-order chi connectivity index (χ0) is 13.2. The van der Waals surface area contributed by atoms with Gasteiger partial charge in [-0.3, -0.25) is 4.79 Å². The third kappa shape index (κ3) is 7.13. The molecule has 0 saturated carbocycles. The highest BCUT2D eigenvalue weighted by molar-refractivity contribution is 9.11. The summed E-state index contributed by atoms with van der Waals surface area (Å²) in [6, 6.07) is 4.13. The van der Waals surface area contributed by atoms with Gasteiger partial charge >= 0.3 is 0 Å². The van der Waals surface area contributed by atoms with Crippen LogP contribution in [0.1, 0.15) is 37.0 Å². The van der Waals surface area contributed by atoms with Gasteiger partial charge in [-0.2, -0.15) is 0 Å². The van der Waals surface area contributed by atoms with Crippen molar-refractivity contribution in [3.63, 3.8) is 0 Å². The molecule has 0 radical (unpaired) electrons. The normalized spacial score (nSPS) is 10.6. The van der Waals surface area contributed by atoms with Crippen molar-refractivity contribution < 1.29 is 4.79 Å². The first-order valence-corrected chi connectivity index (χ1v) is 8.04. The zero-order valence-corrected chi connectivity index (χ0v) is 13.0. The molecule has 0 atom stereocenters. The van der Waals surface area contributed by atoms with E-state index in [4.69, 9.17) is 5.73 Å². The summed E-state index contributed by atoms with van der Waals surface area (Å²) in [7, 11) is 0. The second-order valence-electron chi connectivity index (χ2n) is 4.26. The van der Waals surface area contributed by atoms with E-state index in [1.54, 1.807) is 11.3 Å². The Morgan fingerprint density at radius 2 is 2.06 bits per heavy atom. The first-order valence-electron chi connectivity index (χ1n) is 6.43. The summed E-state index contributed by atoms with van der Waals surface area (Å²) in [4.78, 5) is 12.8. The Morgan fingerprint density at radius 1 is 1.28 bits per heavy atom. The summed E-state index contributed by atoms with van der Waals surface area (Å²) in [6.45, 7) is 1.48. The highest BCUT2D eigenvalue weighted by Gasteiger charge is 2.02. The minimum atomic E-state index is 0.165. The van der Waals surface area contributed by atoms with Crippen molar-refractivity contribution in [1.29, 1.82) is 0 Å². The number of carbonyl (C=O) groups excluding carboxylic acids is 1. The third-order valence-corrected chi connectivity index (χ3v) is 4.36. The van der Waals surface area contributed by atoms with Crippen molar-refractivity contribution in [1.82, 2.24) is 5.32 Å². The SMILES string of the molecule is NCCCCCCC(=O)NCCc1ccc(Br)s1. The number of nitrogens with one attached hydrogen (secondary N) is 1. The average Bonchev–Trinajstić information content (AvgIpc) is 2.75. The number of rotatable bonds is 9. The predicted molar refractivity (Wildman–Crippen MR) is 80.9 cm³/mol. The molecule has 0 aliphatic rings. The molecule has 1 rings (SSSR count). The van der Waals surface area contributed by atoms with Crippen LogP contribution in [-0.4, -0.2) is 19.0 Å². The van der Waals surface area contributed by atoms with E-state index in [1.807, 2.05) is 6.07 Å². The van der Waals surface area contributed by atoms with Crippen molar-refractivity contribution in [2.45, 2.75) is 38.5 Å². The van der Waals surface area contributed by atoms with Gasteiger partial charge in [0.25, 0.3) is 0 Å².